The van der Waals surface area contributed by atoms with Crippen LogP contribution in [0.5, 0.6) is 0 Å². The van der Waals surface area contributed by atoms with E-state index >= 15 is 0 Å². The fraction of sp³-hybridized carbons (Fsp3) is 0.333. The van der Waals surface area contributed by atoms with Gasteiger partial charge in [-0.1, -0.05) is 25.6 Å². The number of hydrogen-bond acceptors (Lipinski definition) is 7. The molecule has 0 unspecified atom stereocenters. The molecule has 1 aromatic heterocycles. The minimum absolute atomic E-state index is 0.0386. The maximum absolute atomic E-state index is 12.9. The Morgan fingerprint density at radius 1 is 1.31 bits per heavy atom. The predicted molar refractivity (Wildman–Crippen MR) is 124 cm³/mol. The lowest BCUT2D eigenvalue weighted by Gasteiger charge is -2.19. The molecule has 1 aromatic carbocycles. The van der Waals surface area contributed by atoms with Gasteiger partial charge in [0.2, 0.25) is 5.91 Å². The lowest BCUT2D eigenvalue weighted by molar-refractivity contribution is -0.384. The van der Waals surface area contributed by atoms with Crippen LogP contribution in [0.15, 0.2) is 41.2 Å². The Hall–Kier alpha value is -3.47. The monoisotopic (exact) mass is 456 g/mol. The lowest BCUT2D eigenvalue weighted by atomic mass is 10.2. The van der Waals surface area contributed by atoms with Gasteiger partial charge in [0.1, 0.15) is 5.70 Å². The molecule has 1 aliphatic heterocycles. The van der Waals surface area contributed by atoms with Crippen LogP contribution >= 0.6 is 11.8 Å². The summed E-state index contributed by atoms with van der Waals surface area (Å²) in [5.74, 6) is -0.251. The zero-order chi connectivity index (χ0) is 23.4. The number of aromatic nitrogens is 2. The van der Waals surface area contributed by atoms with E-state index in [0.717, 1.165) is 11.3 Å². The molecule has 0 saturated heterocycles. The molecular weight excluding hydrogens is 432 g/mol. The van der Waals surface area contributed by atoms with Crippen LogP contribution in [0.2, 0.25) is 0 Å². The molecule has 0 spiro atoms. The highest BCUT2D eigenvalue weighted by Crippen LogP contribution is 2.26. The summed E-state index contributed by atoms with van der Waals surface area (Å²) in [5.41, 5.74) is 2.31. The third kappa shape index (κ3) is 5.61. The van der Waals surface area contributed by atoms with Crippen molar-refractivity contribution in [1.82, 2.24) is 14.7 Å². The number of aliphatic imine (C=N–C) groups is 1. The molecule has 3 rings (SSSR count). The number of rotatable bonds is 7. The number of benzene rings is 1. The van der Waals surface area contributed by atoms with Gasteiger partial charge >= 0.3 is 0 Å². The third-order valence-corrected chi connectivity index (χ3v) is 5.47. The number of amides is 2. The highest BCUT2D eigenvalue weighted by Gasteiger charge is 2.31. The van der Waals surface area contributed by atoms with E-state index in [1.807, 2.05) is 34.0 Å². The Morgan fingerprint density at radius 3 is 2.56 bits per heavy atom. The van der Waals surface area contributed by atoms with Gasteiger partial charge in [-0.15, -0.1) is 0 Å². The number of hydrogen-bond donors (Lipinski definition) is 1. The molecule has 11 heteroatoms. The number of thioether (sulfide) groups is 1. The number of carbonyl (C=O) groups is 2. The second-order valence-electron chi connectivity index (χ2n) is 7.72. The van der Waals surface area contributed by atoms with Gasteiger partial charge in [0.25, 0.3) is 11.6 Å². The van der Waals surface area contributed by atoms with Gasteiger partial charge in [-0.2, -0.15) is 5.10 Å². The molecule has 0 radical (unpaired) electrons. The molecule has 2 aromatic rings. The Balaban J connectivity index is 1.71. The summed E-state index contributed by atoms with van der Waals surface area (Å²) in [6.07, 6.45) is 3.53. The van der Waals surface area contributed by atoms with Crippen LogP contribution in [0.4, 0.5) is 11.4 Å². The molecule has 2 heterocycles. The van der Waals surface area contributed by atoms with E-state index in [9.17, 15) is 19.7 Å². The molecular formula is C21H24N6O4S. The van der Waals surface area contributed by atoms with Crippen LogP contribution in [0.3, 0.4) is 0 Å². The Labute approximate surface area is 189 Å². The zero-order valence-electron chi connectivity index (χ0n) is 18.2. The van der Waals surface area contributed by atoms with Crippen molar-refractivity contribution in [2.45, 2.75) is 20.8 Å². The summed E-state index contributed by atoms with van der Waals surface area (Å²) in [7, 11) is 1.81. The summed E-state index contributed by atoms with van der Waals surface area (Å²) < 4.78 is 1.68. The number of amidine groups is 1. The van der Waals surface area contributed by atoms with Crippen molar-refractivity contribution in [2.75, 3.05) is 17.6 Å². The molecule has 10 nitrogen and oxygen atoms in total. The standard InChI is InChI=1S/C21H24N6O4S/c1-13(2)10-26-20(29)18(9-15-11-25(4)24-14(15)3)23-21(26)32-12-19(28)22-16-5-7-17(8-6-16)27(30)31/h5-9,11,13H,10,12H2,1-4H3,(H,22,28). The van der Waals surface area contributed by atoms with Gasteiger partial charge in [0.05, 0.1) is 16.4 Å². The van der Waals surface area contributed by atoms with E-state index in [1.54, 1.807) is 15.7 Å². The molecule has 0 fully saturated rings. The Kier molecular flexibility index (Phi) is 7.08. The van der Waals surface area contributed by atoms with Crippen molar-refractivity contribution in [3.63, 3.8) is 0 Å². The number of carbonyl (C=O) groups excluding carboxylic acids is 2. The average molecular weight is 457 g/mol. The van der Waals surface area contributed by atoms with Gasteiger partial charge in [0.15, 0.2) is 5.17 Å². The topological polar surface area (TPSA) is 123 Å². The van der Waals surface area contributed by atoms with Gasteiger partial charge in [-0.05, 0) is 31.1 Å². The number of nitro benzene ring substituents is 1. The first-order chi connectivity index (χ1) is 15.1. The normalized spacial score (nSPS) is 14.9. The number of nitro groups is 1. The van der Waals surface area contributed by atoms with Crippen LogP contribution in [0.1, 0.15) is 25.1 Å². The first kappa shape index (κ1) is 23.2. The van der Waals surface area contributed by atoms with Crippen LogP contribution in [0, 0.1) is 23.0 Å². The number of aryl methyl sites for hydroxylation is 2. The molecule has 1 N–H and O–H groups in total. The first-order valence-corrected chi connectivity index (χ1v) is 10.9. The second-order valence-corrected chi connectivity index (χ2v) is 8.66. The minimum atomic E-state index is -0.502. The quantitative estimate of drug-likeness (QED) is 0.388. The summed E-state index contributed by atoms with van der Waals surface area (Å²) >= 11 is 1.17. The summed E-state index contributed by atoms with van der Waals surface area (Å²) in [4.78, 5) is 41.6. The van der Waals surface area contributed by atoms with Crippen LogP contribution in [-0.4, -0.2) is 48.9 Å². The second kappa shape index (κ2) is 9.77. The van der Waals surface area contributed by atoms with Crippen LogP contribution < -0.4 is 5.32 Å². The summed E-state index contributed by atoms with van der Waals surface area (Å²) in [6, 6.07) is 5.59. The summed E-state index contributed by atoms with van der Waals surface area (Å²) in [6.45, 7) is 6.35. The van der Waals surface area contributed by atoms with Gasteiger partial charge in [-0.3, -0.25) is 29.3 Å². The third-order valence-electron chi connectivity index (χ3n) is 4.50. The smallest absolute Gasteiger partial charge is 0.278 e. The molecule has 0 bridgehead atoms. The van der Waals surface area contributed by atoms with E-state index in [0.29, 0.717) is 23.1 Å². The fourth-order valence-corrected chi connectivity index (χ4v) is 3.88. The van der Waals surface area contributed by atoms with Gasteiger partial charge in [0, 0.05) is 43.2 Å². The van der Waals surface area contributed by atoms with E-state index < -0.39 is 4.92 Å². The fourth-order valence-electron chi connectivity index (χ4n) is 3.07. The highest BCUT2D eigenvalue weighted by molar-refractivity contribution is 8.14. The van der Waals surface area contributed by atoms with Crippen LogP contribution in [0.25, 0.3) is 6.08 Å². The largest absolute Gasteiger partial charge is 0.325 e. The maximum atomic E-state index is 12.9. The van der Waals surface area contributed by atoms with Crippen LogP contribution in [-0.2, 0) is 16.6 Å². The molecule has 0 atom stereocenters. The van der Waals surface area contributed by atoms with E-state index in [4.69, 9.17) is 0 Å². The Morgan fingerprint density at radius 2 is 2.00 bits per heavy atom. The highest BCUT2D eigenvalue weighted by atomic mass is 32.2. The molecule has 1 aliphatic rings. The lowest BCUT2D eigenvalue weighted by Crippen LogP contribution is -2.34. The van der Waals surface area contributed by atoms with Gasteiger partial charge in [-0.25, -0.2) is 4.99 Å². The van der Waals surface area contributed by atoms with Crippen molar-refractivity contribution in [2.24, 2.45) is 18.0 Å². The van der Waals surface area contributed by atoms with Crippen molar-refractivity contribution in [3.05, 3.63) is 57.5 Å². The predicted octanol–water partition coefficient (Wildman–Crippen LogP) is 3.20. The van der Waals surface area contributed by atoms with Crippen molar-refractivity contribution >= 4 is 46.2 Å². The van der Waals surface area contributed by atoms with Crippen molar-refractivity contribution < 1.29 is 14.5 Å². The molecule has 0 aliphatic carbocycles. The average Bonchev–Trinajstić information content (AvgIpc) is 3.19. The molecule has 32 heavy (non-hydrogen) atoms. The van der Waals surface area contributed by atoms with E-state index in [1.165, 1.54) is 36.0 Å². The van der Waals surface area contributed by atoms with E-state index in [2.05, 4.69) is 15.4 Å². The number of anilines is 1. The minimum Gasteiger partial charge on any atom is -0.325 e. The molecule has 0 saturated carbocycles. The van der Waals surface area contributed by atoms with Crippen molar-refractivity contribution in [1.29, 1.82) is 0 Å². The SMILES string of the molecule is Cc1nn(C)cc1C=C1N=C(SCC(=O)Nc2ccc([N+](=O)[O-])cc2)N(CC(C)C)C1=O. The van der Waals surface area contributed by atoms with E-state index in [-0.39, 0.29) is 29.2 Å². The number of non-ortho nitro benzene ring substituents is 1. The van der Waals surface area contributed by atoms with Gasteiger partial charge < -0.3 is 5.32 Å². The first-order valence-electron chi connectivity index (χ1n) is 9.93. The Bertz CT molecular complexity index is 1100. The van der Waals surface area contributed by atoms with Crippen molar-refractivity contribution in [3.8, 4) is 0 Å². The number of nitrogens with zero attached hydrogens (tertiary/aromatic N) is 5. The molecule has 168 valence electrons. The number of nitrogens with one attached hydrogen (secondary N) is 1. The summed E-state index contributed by atoms with van der Waals surface area (Å²) in [5, 5.41) is 18.2. The molecule has 2 amide bonds. The maximum Gasteiger partial charge on any atom is 0.278 e. The zero-order valence-corrected chi connectivity index (χ0v) is 19.0.